The smallest absolute Gasteiger partial charge is 0.191 e. The van der Waals surface area contributed by atoms with Crippen molar-refractivity contribution < 1.29 is 9.84 Å². The molecule has 2 rings (SSSR count). The lowest BCUT2D eigenvalue weighted by molar-refractivity contribution is 0.131. The number of guanidine groups is 1. The van der Waals surface area contributed by atoms with Crippen LogP contribution < -0.4 is 10.6 Å². The van der Waals surface area contributed by atoms with Crippen LogP contribution in [0.5, 0.6) is 0 Å². The van der Waals surface area contributed by atoms with Crippen molar-refractivity contribution in [1.82, 2.24) is 10.6 Å². The quantitative estimate of drug-likeness (QED) is 0.292. The van der Waals surface area contributed by atoms with Crippen LogP contribution in [-0.2, 0) is 17.6 Å². The molecule has 3 N–H and O–H groups in total. The van der Waals surface area contributed by atoms with E-state index in [0.29, 0.717) is 13.2 Å². The van der Waals surface area contributed by atoms with E-state index in [9.17, 15) is 5.11 Å². The second-order valence-electron chi connectivity index (χ2n) is 6.82. The molecule has 0 amide bonds. The van der Waals surface area contributed by atoms with E-state index in [0.717, 1.165) is 51.3 Å². The maximum atomic E-state index is 9.33. The normalized spacial score (nSPS) is 19.9. The van der Waals surface area contributed by atoms with Gasteiger partial charge in [0.05, 0.1) is 13.2 Å². The lowest BCUT2D eigenvalue weighted by Crippen LogP contribution is -2.39. The van der Waals surface area contributed by atoms with E-state index in [2.05, 4.69) is 48.7 Å². The summed E-state index contributed by atoms with van der Waals surface area (Å²) in [6, 6.07) is 8.81. The van der Waals surface area contributed by atoms with Crippen molar-refractivity contribution >= 4 is 29.9 Å². The molecule has 0 spiro atoms. The number of aliphatic imine (C=N–C) groups is 1. The first-order chi connectivity index (χ1) is 12.2. The zero-order valence-corrected chi connectivity index (χ0v) is 18.4. The summed E-state index contributed by atoms with van der Waals surface area (Å²) in [6.45, 7) is 8.27. The van der Waals surface area contributed by atoms with Gasteiger partial charge in [0.1, 0.15) is 0 Å². The number of benzene rings is 1. The van der Waals surface area contributed by atoms with Crippen LogP contribution in [0.2, 0.25) is 0 Å². The fraction of sp³-hybridized carbons (Fsp3) is 0.650. The third-order valence-electron chi connectivity index (χ3n) is 4.88. The topological polar surface area (TPSA) is 65.9 Å². The number of nitrogens with one attached hydrogen (secondary N) is 2. The third-order valence-corrected chi connectivity index (χ3v) is 4.88. The molecule has 0 aliphatic carbocycles. The predicted molar refractivity (Wildman–Crippen MR) is 118 cm³/mol. The van der Waals surface area contributed by atoms with E-state index in [-0.39, 0.29) is 36.0 Å². The Morgan fingerprint density at radius 2 is 1.92 bits per heavy atom. The molecule has 1 atom stereocenters. The third kappa shape index (κ3) is 7.40. The lowest BCUT2D eigenvalue weighted by Gasteiger charge is -2.24. The van der Waals surface area contributed by atoms with Gasteiger partial charge in [0.2, 0.25) is 0 Å². The van der Waals surface area contributed by atoms with Gasteiger partial charge in [0, 0.05) is 31.7 Å². The van der Waals surface area contributed by atoms with Crippen LogP contribution in [0.25, 0.3) is 0 Å². The van der Waals surface area contributed by atoms with Crippen molar-refractivity contribution in [3.8, 4) is 0 Å². The van der Waals surface area contributed by atoms with Gasteiger partial charge in [-0.05, 0) is 43.7 Å². The molecule has 26 heavy (non-hydrogen) atoms. The van der Waals surface area contributed by atoms with Gasteiger partial charge in [0.15, 0.2) is 5.96 Å². The fourth-order valence-corrected chi connectivity index (χ4v) is 3.14. The number of nitrogens with zero attached hydrogens (tertiary/aromatic N) is 1. The van der Waals surface area contributed by atoms with Gasteiger partial charge >= 0.3 is 0 Å². The molecule has 1 heterocycles. The van der Waals surface area contributed by atoms with Gasteiger partial charge in [0.25, 0.3) is 0 Å². The maximum Gasteiger partial charge on any atom is 0.191 e. The molecule has 1 aromatic carbocycles. The van der Waals surface area contributed by atoms with Gasteiger partial charge in [-0.25, -0.2) is 0 Å². The molecule has 1 fully saturated rings. The monoisotopic (exact) mass is 475 g/mol. The minimum atomic E-state index is -0.00686. The molecule has 1 aromatic rings. The van der Waals surface area contributed by atoms with Crippen molar-refractivity contribution in [2.45, 2.75) is 39.5 Å². The molecule has 0 bridgehead atoms. The van der Waals surface area contributed by atoms with Crippen LogP contribution in [-0.4, -0.2) is 50.5 Å². The summed E-state index contributed by atoms with van der Waals surface area (Å²) in [7, 11) is 0. The summed E-state index contributed by atoms with van der Waals surface area (Å²) in [5.41, 5.74) is 2.70. The molecule has 6 heteroatoms. The average molecular weight is 475 g/mol. The summed E-state index contributed by atoms with van der Waals surface area (Å²) in [5.74, 6) is 0.844. The molecule has 0 radical (unpaired) electrons. The van der Waals surface area contributed by atoms with Crippen molar-refractivity contribution in [3.05, 3.63) is 35.4 Å². The zero-order chi connectivity index (χ0) is 18.0. The molecule has 5 nitrogen and oxygen atoms in total. The number of rotatable bonds is 9. The summed E-state index contributed by atoms with van der Waals surface area (Å²) in [4.78, 5) is 4.75. The Hall–Kier alpha value is -0.860. The fourth-order valence-electron chi connectivity index (χ4n) is 3.14. The van der Waals surface area contributed by atoms with E-state index in [4.69, 9.17) is 9.73 Å². The SMILES string of the molecule is CCNC(=NCC1(CCO)CCOC1)NCCc1ccc(CC)cc1.I. The van der Waals surface area contributed by atoms with E-state index in [1.807, 2.05) is 0 Å². The largest absolute Gasteiger partial charge is 0.396 e. The Bertz CT molecular complexity index is 528. The summed E-state index contributed by atoms with van der Waals surface area (Å²) in [6.07, 6.45) is 3.77. The van der Waals surface area contributed by atoms with Crippen molar-refractivity contribution in [2.24, 2.45) is 10.4 Å². The highest BCUT2D eigenvalue weighted by molar-refractivity contribution is 14.0. The van der Waals surface area contributed by atoms with Crippen LogP contribution in [0.15, 0.2) is 29.3 Å². The standard InChI is InChI=1S/C20H33N3O2.HI/c1-3-17-5-7-18(8-6-17)9-12-22-19(21-4-2)23-15-20(10-13-24)11-14-25-16-20;/h5-8,24H,3-4,9-16H2,1-2H3,(H2,21,22,23);1H. The van der Waals surface area contributed by atoms with Crippen LogP contribution in [0.1, 0.15) is 37.8 Å². The number of aliphatic hydroxyl groups excluding tert-OH is 1. The Balaban J connectivity index is 0.00000338. The van der Waals surface area contributed by atoms with E-state index in [1.165, 1.54) is 11.1 Å². The van der Waals surface area contributed by atoms with Crippen LogP contribution >= 0.6 is 24.0 Å². The Labute approximate surface area is 175 Å². The summed E-state index contributed by atoms with van der Waals surface area (Å²) in [5, 5.41) is 16.1. The van der Waals surface area contributed by atoms with Gasteiger partial charge in [-0.15, -0.1) is 24.0 Å². The number of aryl methyl sites for hydroxylation is 1. The van der Waals surface area contributed by atoms with Gasteiger partial charge < -0.3 is 20.5 Å². The molecule has 148 valence electrons. The van der Waals surface area contributed by atoms with Crippen LogP contribution in [0.4, 0.5) is 0 Å². The highest BCUT2D eigenvalue weighted by Gasteiger charge is 2.34. The molecular formula is C20H34IN3O2. The average Bonchev–Trinajstić information content (AvgIpc) is 3.09. The number of halogens is 1. The second kappa shape index (κ2) is 12.5. The van der Waals surface area contributed by atoms with Crippen LogP contribution in [0, 0.1) is 5.41 Å². The molecule has 0 saturated carbocycles. The first-order valence-corrected chi connectivity index (χ1v) is 9.50. The van der Waals surface area contributed by atoms with Gasteiger partial charge in [-0.2, -0.15) is 0 Å². The Morgan fingerprint density at radius 3 is 2.50 bits per heavy atom. The zero-order valence-electron chi connectivity index (χ0n) is 16.1. The highest BCUT2D eigenvalue weighted by atomic mass is 127. The van der Waals surface area contributed by atoms with Crippen molar-refractivity contribution in [2.75, 3.05) is 39.5 Å². The van der Waals surface area contributed by atoms with E-state index < -0.39 is 0 Å². The Morgan fingerprint density at radius 1 is 1.19 bits per heavy atom. The Kier molecular flexibility index (Phi) is 11.2. The van der Waals surface area contributed by atoms with Crippen molar-refractivity contribution in [3.63, 3.8) is 0 Å². The molecular weight excluding hydrogens is 441 g/mol. The maximum absolute atomic E-state index is 9.33. The predicted octanol–water partition coefficient (Wildman–Crippen LogP) is 2.75. The molecule has 1 unspecified atom stereocenters. The van der Waals surface area contributed by atoms with E-state index >= 15 is 0 Å². The van der Waals surface area contributed by atoms with Gasteiger partial charge in [-0.1, -0.05) is 31.2 Å². The number of ether oxygens (including phenoxy) is 1. The number of aliphatic hydroxyl groups is 1. The first kappa shape index (κ1) is 23.2. The summed E-state index contributed by atoms with van der Waals surface area (Å²) < 4.78 is 5.54. The molecule has 1 aliphatic heterocycles. The number of hydrogen-bond acceptors (Lipinski definition) is 3. The lowest BCUT2D eigenvalue weighted by atomic mass is 9.84. The number of hydrogen-bond donors (Lipinski definition) is 3. The molecule has 1 saturated heterocycles. The summed E-state index contributed by atoms with van der Waals surface area (Å²) >= 11 is 0. The molecule has 0 aromatic heterocycles. The second-order valence-corrected chi connectivity index (χ2v) is 6.82. The van der Waals surface area contributed by atoms with Crippen molar-refractivity contribution in [1.29, 1.82) is 0 Å². The first-order valence-electron chi connectivity index (χ1n) is 9.50. The highest BCUT2D eigenvalue weighted by Crippen LogP contribution is 2.32. The molecule has 1 aliphatic rings. The van der Waals surface area contributed by atoms with E-state index in [1.54, 1.807) is 0 Å². The van der Waals surface area contributed by atoms with Gasteiger partial charge in [-0.3, -0.25) is 4.99 Å². The minimum absolute atomic E-state index is 0. The minimum Gasteiger partial charge on any atom is -0.396 e. The van der Waals surface area contributed by atoms with Crippen LogP contribution in [0.3, 0.4) is 0 Å².